The second kappa shape index (κ2) is 4.25. The highest BCUT2D eigenvalue weighted by atomic mass is 16.5. The van der Waals surface area contributed by atoms with E-state index in [9.17, 15) is 0 Å². The number of benzene rings is 3. The highest BCUT2D eigenvalue weighted by Crippen LogP contribution is 2.47. The summed E-state index contributed by atoms with van der Waals surface area (Å²) in [4.78, 5) is 4.71. The molecule has 1 aliphatic rings. The lowest BCUT2D eigenvalue weighted by molar-refractivity contribution is 0.340. The van der Waals surface area contributed by atoms with Gasteiger partial charge in [0.15, 0.2) is 11.5 Å². The van der Waals surface area contributed by atoms with Crippen LogP contribution in [0.25, 0.3) is 32.6 Å². The number of aromatic nitrogens is 1. The van der Waals surface area contributed by atoms with Crippen molar-refractivity contribution in [2.45, 2.75) is 26.7 Å². The van der Waals surface area contributed by atoms with Gasteiger partial charge in [0.2, 0.25) is 0 Å². The van der Waals surface area contributed by atoms with E-state index in [1.54, 1.807) is 0 Å². The second-order valence-electron chi connectivity index (χ2n) is 6.52. The average Bonchev–Trinajstić information content (AvgIpc) is 3.10. The van der Waals surface area contributed by atoms with Gasteiger partial charge in [-0.05, 0) is 29.3 Å². The second-order valence-corrected chi connectivity index (χ2v) is 6.52. The van der Waals surface area contributed by atoms with Gasteiger partial charge in [-0.1, -0.05) is 31.2 Å². The van der Waals surface area contributed by atoms with Crippen LogP contribution in [0.4, 0.5) is 0 Å². The molecule has 0 spiro atoms. The van der Waals surface area contributed by atoms with Crippen molar-refractivity contribution in [1.29, 1.82) is 0 Å². The molecule has 3 heteroatoms. The highest BCUT2D eigenvalue weighted by molar-refractivity contribution is 6.21. The van der Waals surface area contributed by atoms with Crippen LogP contribution in [-0.4, -0.2) is 11.6 Å². The number of hydrogen-bond donors (Lipinski definition) is 0. The number of fused-ring (bicyclic) bond motifs is 8. The lowest BCUT2D eigenvalue weighted by atomic mass is 9.93. The molecule has 3 nitrogen and oxygen atoms in total. The Labute approximate surface area is 133 Å². The van der Waals surface area contributed by atoms with Gasteiger partial charge in [0.25, 0.3) is 0 Å². The summed E-state index contributed by atoms with van der Waals surface area (Å²) in [6.45, 7) is 6.94. The Hall–Kier alpha value is -2.55. The molecule has 4 aromatic rings. The van der Waals surface area contributed by atoms with Crippen molar-refractivity contribution in [2.24, 2.45) is 0 Å². The van der Waals surface area contributed by atoms with Gasteiger partial charge in [-0.25, -0.2) is 4.98 Å². The molecule has 114 valence electrons. The van der Waals surface area contributed by atoms with E-state index in [4.69, 9.17) is 14.1 Å². The third kappa shape index (κ3) is 1.57. The fourth-order valence-electron chi connectivity index (χ4n) is 3.88. The zero-order chi connectivity index (χ0) is 15.7. The van der Waals surface area contributed by atoms with E-state index in [1.165, 1.54) is 21.9 Å². The normalized spacial score (nSPS) is 17.1. The van der Waals surface area contributed by atoms with Crippen LogP contribution in [0.1, 0.15) is 29.9 Å². The summed E-state index contributed by atoms with van der Waals surface area (Å²) in [5, 5.41) is 4.76. The van der Waals surface area contributed by atoms with Crippen molar-refractivity contribution < 1.29 is 9.15 Å². The maximum Gasteiger partial charge on any atom is 0.192 e. The summed E-state index contributed by atoms with van der Waals surface area (Å²) in [5.41, 5.74) is 4.29. The van der Waals surface area contributed by atoms with E-state index in [2.05, 4.69) is 44.2 Å². The Morgan fingerprint density at radius 2 is 1.87 bits per heavy atom. The molecule has 5 rings (SSSR count). The molecule has 1 aromatic heterocycles. The first-order chi connectivity index (χ1) is 11.1. The van der Waals surface area contributed by atoms with Crippen LogP contribution in [0.2, 0.25) is 0 Å². The number of aryl methyl sites for hydroxylation is 2. The summed E-state index contributed by atoms with van der Waals surface area (Å²) in [7, 11) is 0. The van der Waals surface area contributed by atoms with Crippen molar-refractivity contribution in [3.05, 3.63) is 47.3 Å². The monoisotopic (exact) mass is 303 g/mol. The standard InChI is InChI=1S/C20H17NO2/c1-10-5-4-6-14-13(10)7-8-15-17(14)18-20(23-12(3)21-18)16-11(2)9-22-19(15)16/h4-8,11H,9H2,1-3H3. The fourth-order valence-corrected chi connectivity index (χ4v) is 3.88. The first-order valence-corrected chi connectivity index (χ1v) is 8.03. The average molecular weight is 303 g/mol. The molecule has 0 saturated carbocycles. The van der Waals surface area contributed by atoms with Gasteiger partial charge >= 0.3 is 0 Å². The number of ether oxygens (including phenoxy) is 1. The minimum Gasteiger partial charge on any atom is -0.492 e. The Balaban J connectivity index is 2.12. The third-order valence-electron chi connectivity index (χ3n) is 4.95. The lowest BCUT2D eigenvalue weighted by Gasteiger charge is -2.11. The Morgan fingerprint density at radius 3 is 2.74 bits per heavy atom. The summed E-state index contributed by atoms with van der Waals surface area (Å²) in [6, 6.07) is 10.8. The minimum absolute atomic E-state index is 0.331. The summed E-state index contributed by atoms with van der Waals surface area (Å²) >= 11 is 0. The number of hydrogen-bond acceptors (Lipinski definition) is 3. The smallest absolute Gasteiger partial charge is 0.192 e. The summed E-state index contributed by atoms with van der Waals surface area (Å²) < 4.78 is 12.0. The molecule has 0 aliphatic carbocycles. The molecule has 1 atom stereocenters. The fraction of sp³-hybridized carbons (Fsp3) is 0.250. The van der Waals surface area contributed by atoms with Gasteiger partial charge in [0.1, 0.15) is 11.3 Å². The predicted octanol–water partition coefficient (Wildman–Crippen LogP) is 5.25. The SMILES string of the molecule is Cc1nc2c(o1)c1c(c3ccc4c(C)cccc4c32)OCC1C. The molecule has 3 aromatic carbocycles. The molecule has 2 heterocycles. The molecule has 0 N–H and O–H groups in total. The molecule has 1 aliphatic heterocycles. The quantitative estimate of drug-likeness (QED) is 0.416. The van der Waals surface area contributed by atoms with Crippen LogP contribution in [0.3, 0.4) is 0 Å². The Bertz CT molecular complexity index is 1110. The van der Waals surface area contributed by atoms with Crippen LogP contribution in [-0.2, 0) is 0 Å². The molecular formula is C20H17NO2. The van der Waals surface area contributed by atoms with E-state index in [0.29, 0.717) is 18.4 Å². The predicted molar refractivity (Wildman–Crippen MR) is 92.4 cm³/mol. The van der Waals surface area contributed by atoms with Crippen molar-refractivity contribution in [1.82, 2.24) is 4.98 Å². The molecule has 1 unspecified atom stereocenters. The molecule has 0 saturated heterocycles. The lowest BCUT2D eigenvalue weighted by Crippen LogP contribution is -1.93. The molecule has 0 amide bonds. The molecule has 0 fully saturated rings. The van der Waals surface area contributed by atoms with E-state index in [1.807, 2.05) is 6.92 Å². The van der Waals surface area contributed by atoms with Gasteiger partial charge in [0.05, 0.1) is 6.61 Å². The molecule has 0 bridgehead atoms. The number of rotatable bonds is 0. The van der Waals surface area contributed by atoms with Crippen LogP contribution in [0, 0.1) is 13.8 Å². The maximum absolute atomic E-state index is 6.03. The third-order valence-corrected chi connectivity index (χ3v) is 4.95. The minimum atomic E-state index is 0.331. The first kappa shape index (κ1) is 12.9. The number of oxazole rings is 1. The van der Waals surface area contributed by atoms with Crippen LogP contribution < -0.4 is 4.74 Å². The van der Waals surface area contributed by atoms with Crippen molar-refractivity contribution >= 4 is 32.6 Å². The molecule has 23 heavy (non-hydrogen) atoms. The largest absolute Gasteiger partial charge is 0.492 e. The van der Waals surface area contributed by atoms with E-state index in [0.717, 1.165) is 27.6 Å². The van der Waals surface area contributed by atoms with Gasteiger partial charge < -0.3 is 9.15 Å². The van der Waals surface area contributed by atoms with Gasteiger partial charge in [0, 0.05) is 29.2 Å². The zero-order valence-electron chi connectivity index (χ0n) is 13.4. The topological polar surface area (TPSA) is 35.3 Å². The van der Waals surface area contributed by atoms with Crippen LogP contribution >= 0.6 is 0 Å². The summed E-state index contributed by atoms with van der Waals surface area (Å²) in [6.07, 6.45) is 0. The van der Waals surface area contributed by atoms with E-state index >= 15 is 0 Å². The van der Waals surface area contributed by atoms with Gasteiger partial charge in [-0.2, -0.15) is 0 Å². The van der Waals surface area contributed by atoms with Gasteiger partial charge in [-0.3, -0.25) is 0 Å². The van der Waals surface area contributed by atoms with Crippen molar-refractivity contribution in [2.75, 3.05) is 6.61 Å². The number of nitrogens with zero attached hydrogens (tertiary/aromatic N) is 1. The van der Waals surface area contributed by atoms with Crippen LogP contribution in [0.15, 0.2) is 34.7 Å². The van der Waals surface area contributed by atoms with E-state index < -0.39 is 0 Å². The first-order valence-electron chi connectivity index (χ1n) is 8.03. The highest BCUT2D eigenvalue weighted by Gasteiger charge is 2.29. The van der Waals surface area contributed by atoms with Crippen LogP contribution in [0.5, 0.6) is 5.75 Å². The zero-order valence-corrected chi connectivity index (χ0v) is 13.4. The molecule has 0 radical (unpaired) electrons. The Morgan fingerprint density at radius 1 is 1.04 bits per heavy atom. The maximum atomic E-state index is 6.03. The van der Waals surface area contributed by atoms with Gasteiger partial charge in [-0.15, -0.1) is 0 Å². The summed E-state index contributed by atoms with van der Waals surface area (Å²) in [5.74, 6) is 2.01. The van der Waals surface area contributed by atoms with E-state index in [-0.39, 0.29) is 0 Å². The Kier molecular flexibility index (Phi) is 2.39. The molecular weight excluding hydrogens is 286 g/mol. The van der Waals surface area contributed by atoms with Crippen molar-refractivity contribution in [3.8, 4) is 5.75 Å². The van der Waals surface area contributed by atoms with Crippen molar-refractivity contribution in [3.63, 3.8) is 0 Å².